The third-order valence-electron chi connectivity index (χ3n) is 4.45. The van der Waals surface area contributed by atoms with Gasteiger partial charge in [0.25, 0.3) is 0 Å². The van der Waals surface area contributed by atoms with Crippen LogP contribution in [0.15, 0.2) is 40.9 Å². The van der Waals surface area contributed by atoms with E-state index in [1.807, 2.05) is 45.2 Å². The van der Waals surface area contributed by atoms with Crippen molar-refractivity contribution in [2.45, 2.75) is 20.5 Å². The predicted molar refractivity (Wildman–Crippen MR) is 115 cm³/mol. The first-order chi connectivity index (χ1) is 13.8. The summed E-state index contributed by atoms with van der Waals surface area (Å²) >= 11 is 9.71. The van der Waals surface area contributed by atoms with Crippen LogP contribution in [0.5, 0.6) is 11.5 Å². The highest BCUT2D eigenvalue weighted by Gasteiger charge is 2.15. The molecule has 1 aromatic heterocycles. The van der Waals surface area contributed by atoms with Crippen molar-refractivity contribution in [1.82, 2.24) is 9.78 Å². The maximum Gasteiger partial charge on any atom is 0.513 e. The van der Waals surface area contributed by atoms with E-state index in [0.29, 0.717) is 22.2 Å². The third-order valence-corrected chi connectivity index (χ3v) is 5.73. The minimum atomic E-state index is -0.783. The summed E-state index contributed by atoms with van der Waals surface area (Å²) in [7, 11) is 3.08. The molecule has 2 aromatic carbocycles. The summed E-state index contributed by atoms with van der Waals surface area (Å²) in [4.78, 5) is 11.5. The molecule has 0 radical (unpaired) electrons. The summed E-state index contributed by atoms with van der Waals surface area (Å²) in [6.07, 6.45) is -0.783. The van der Waals surface area contributed by atoms with Crippen LogP contribution in [0.25, 0.3) is 11.3 Å². The van der Waals surface area contributed by atoms with Crippen molar-refractivity contribution in [2.24, 2.45) is 7.05 Å². The molecule has 0 aliphatic rings. The van der Waals surface area contributed by atoms with E-state index in [9.17, 15) is 4.79 Å². The van der Waals surface area contributed by atoms with Gasteiger partial charge in [0.1, 0.15) is 23.3 Å². The van der Waals surface area contributed by atoms with Gasteiger partial charge in [-0.25, -0.2) is 4.79 Å². The Balaban J connectivity index is 1.82. The molecule has 6 nitrogen and oxygen atoms in total. The van der Waals surface area contributed by atoms with E-state index in [2.05, 4.69) is 25.8 Å². The zero-order valence-corrected chi connectivity index (χ0v) is 18.8. The quantitative estimate of drug-likeness (QED) is 0.340. The lowest BCUT2D eigenvalue weighted by Gasteiger charge is -2.14. The second-order valence-electron chi connectivity index (χ2n) is 6.43. The van der Waals surface area contributed by atoms with Gasteiger partial charge in [-0.3, -0.25) is 4.68 Å². The molecule has 0 atom stereocenters. The number of carbonyl (C=O) groups excluding carboxylic acids is 1. The molecule has 29 heavy (non-hydrogen) atoms. The van der Waals surface area contributed by atoms with Crippen LogP contribution >= 0.6 is 27.5 Å². The highest BCUT2D eigenvalue weighted by atomic mass is 79.9. The van der Waals surface area contributed by atoms with Crippen LogP contribution in [0.1, 0.15) is 16.7 Å². The van der Waals surface area contributed by atoms with Crippen LogP contribution < -0.4 is 9.47 Å². The fraction of sp³-hybridized carbons (Fsp3) is 0.238. The van der Waals surface area contributed by atoms with E-state index < -0.39 is 6.16 Å². The van der Waals surface area contributed by atoms with Crippen molar-refractivity contribution < 1.29 is 19.0 Å². The van der Waals surface area contributed by atoms with Crippen molar-refractivity contribution in [3.05, 3.63) is 62.7 Å². The Kier molecular flexibility index (Phi) is 6.49. The molecule has 0 saturated heterocycles. The molecule has 1 heterocycles. The Hall–Kier alpha value is -2.51. The molecule has 3 rings (SSSR count). The molecule has 0 aliphatic heterocycles. The molecule has 0 amide bonds. The second-order valence-corrected chi connectivity index (χ2v) is 7.64. The molecule has 0 bridgehead atoms. The van der Waals surface area contributed by atoms with Gasteiger partial charge in [-0.1, -0.05) is 33.6 Å². The third kappa shape index (κ3) is 4.57. The van der Waals surface area contributed by atoms with Gasteiger partial charge < -0.3 is 14.2 Å². The normalized spacial score (nSPS) is 10.7. The van der Waals surface area contributed by atoms with Gasteiger partial charge >= 0.3 is 6.16 Å². The topological polar surface area (TPSA) is 62.6 Å². The van der Waals surface area contributed by atoms with Crippen LogP contribution in [0.3, 0.4) is 0 Å². The molecule has 0 aliphatic carbocycles. The highest BCUT2D eigenvalue weighted by Crippen LogP contribution is 2.32. The fourth-order valence-electron chi connectivity index (χ4n) is 2.90. The van der Waals surface area contributed by atoms with Crippen molar-refractivity contribution in [3.63, 3.8) is 0 Å². The van der Waals surface area contributed by atoms with Crippen LogP contribution in [0, 0.1) is 13.8 Å². The van der Waals surface area contributed by atoms with Gasteiger partial charge in [-0.2, -0.15) is 5.10 Å². The number of hydrogen-bond acceptors (Lipinski definition) is 5. The second kappa shape index (κ2) is 8.88. The number of carbonyl (C=O) groups is 1. The number of halogens is 2. The van der Waals surface area contributed by atoms with E-state index >= 15 is 0 Å². The summed E-state index contributed by atoms with van der Waals surface area (Å²) in [5.74, 6) is 1.09. The van der Waals surface area contributed by atoms with Crippen molar-refractivity contribution >= 4 is 33.7 Å². The van der Waals surface area contributed by atoms with Crippen LogP contribution in [-0.4, -0.2) is 23.0 Å². The van der Waals surface area contributed by atoms with E-state index in [-0.39, 0.29) is 6.61 Å². The molecule has 0 N–H and O–H groups in total. The van der Waals surface area contributed by atoms with E-state index in [1.54, 1.807) is 16.8 Å². The maximum atomic E-state index is 11.5. The molecule has 0 saturated carbocycles. The van der Waals surface area contributed by atoms with Gasteiger partial charge in [0.15, 0.2) is 0 Å². The first-order valence-corrected chi connectivity index (χ1v) is 9.95. The first-order valence-electron chi connectivity index (χ1n) is 8.78. The Morgan fingerprint density at radius 1 is 1.21 bits per heavy atom. The zero-order valence-electron chi connectivity index (χ0n) is 16.5. The lowest BCUT2D eigenvalue weighted by molar-refractivity contribution is 0.120. The number of methoxy groups -OCH3 is 1. The number of aryl methyl sites for hydroxylation is 2. The lowest BCUT2D eigenvalue weighted by atomic mass is 10.1. The monoisotopic (exact) mass is 478 g/mol. The Morgan fingerprint density at radius 3 is 2.59 bits per heavy atom. The highest BCUT2D eigenvalue weighted by molar-refractivity contribution is 9.10. The van der Waals surface area contributed by atoms with E-state index in [1.165, 1.54) is 7.11 Å². The molecule has 152 valence electrons. The van der Waals surface area contributed by atoms with Gasteiger partial charge in [-0.15, -0.1) is 0 Å². The number of hydrogen-bond donors (Lipinski definition) is 0. The van der Waals surface area contributed by atoms with Gasteiger partial charge in [0.2, 0.25) is 0 Å². The molecular weight excluding hydrogens is 460 g/mol. The number of benzene rings is 2. The predicted octanol–water partition coefficient (Wildman–Crippen LogP) is 5.84. The Morgan fingerprint density at radius 2 is 1.97 bits per heavy atom. The minimum Gasteiger partial charge on any atom is -0.488 e. The van der Waals surface area contributed by atoms with Gasteiger partial charge in [0, 0.05) is 28.2 Å². The molecule has 8 heteroatoms. The van der Waals surface area contributed by atoms with Gasteiger partial charge in [-0.05, 0) is 49.7 Å². The van der Waals surface area contributed by atoms with E-state index in [4.69, 9.17) is 21.1 Å². The SMILES string of the molecule is COC(=O)Oc1cccc(Br)c1COc1ccc(-c2nn(C)c(Cl)c2C)cc1C. The summed E-state index contributed by atoms with van der Waals surface area (Å²) in [5.41, 5.74) is 4.39. The molecular formula is C21H20BrClN2O4. The lowest BCUT2D eigenvalue weighted by Crippen LogP contribution is -2.10. The largest absolute Gasteiger partial charge is 0.513 e. The average Bonchev–Trinajstić information content (AvgIpc) is 2.95. The van der Waals surface area contributed by atoms with Crippen LogP contribution in [-0.2, 0) is 18.4 Å². The van der Waals surface area contributed by atoms with Crippen molar-refractivity contribution in [1.29, 1.82) is 0 Å². The average molecular weight is 480 g/mol. The maximum absolute atomic E-state index is 11.5. The molecule has 0 fully saturated rings. The van der Waals surface area contributed by atoms with Crippen LogP contribution in [0.4, 0.5) is 4.79 Å². The van der Waals surface area contributed by atoms with Crippen LogP contribution in [0.2, 0.25) is 5.15 Å². The van der Waals surface area contributed by atoms with Gasteiger partial charge in [0.05, 0.1) is 12.8 Å². The molecule has 0 spiro atoms. The Bertz CT molecular complexity index is 1070. The Labute approximate surface area is 182 Å². The number of ether oxygens (including phenoxy) is 3. The van der Waals surface area contributed by atoms with E-state index in [0.717, 1.165) is 26.9 Å². The fourth-order valence-corrected chi connectivity index (χ4v) is 3.49. The number of aromatic nitrogens is 2. The van der Waals surface area contributed by atoms with Crippen molar-refractivity contribution in [3.8, 4) is 22.8 Å². The van der Waals surface area contributed by atoms with Crippen molar-refractivity contribution in [2.75, 3.05) is 7.11 Å². The summed E-state index contributed by atoms with van der Waals surface area (Å²) in [5, 5.41) is 5.10. The summed E-state index contributed by atoms with van der Waals surface area (Å²) < 4.78 is 18.2. The molecule has 0 unspecified atom stereocenters. The standard InChI is InChI=1S/C21H20BrClN2O4/c1-12-10-14(19-13(2)20(23)25(3)24-19)8-9-17(12)28-11-15-16(22)6-5-7-18(15)29-21(26)27-4/h5-10H,11H2,1-4H3. The first kappa shape index (κ1) is 21.2. The zero-order chi connectivity index (χ0) is 21.1. The summed E-state index contributed by atoms with van der Waals surface area (Å²) in [6, 6.07) is 11.2. The smallest absolute Gasteiger partial charge is 0.488 e. The number of nitrogens with zero attached hydrogens (tertiary/aromatic N) is 2. The minimum absolute atomic E-state index is 0.211. The molecule has 3 aromatic rings. The number of rotatable bonds is 5. The summed E-state index contributed by atoms with van der Waals surface area (Å²) in [6.45, 7) is 4.12.